The lowest BCUT2D eigenvalue weighted by molar-refractivity contribution is -0.131. The molecule has 0 aliphatic carbocycles. The van der Waals surface area contributed by atoms with Crippen LogP contribution in [-0.2, 0) is 11.2 Å². The second-order valence-corrected chi connectivity index (χ2v) is 5.84. The van der Waals surface area contributed by atoms with Gasteiger partial charge in [0.05, 0.1) is 0 Å². The molecule has 3 rings (SSSR count). The highest BCUT2D eigenvalue weighted by atomic mass is 16.3. The fourth-order valence-electron chi connectivity index (χ4n) is 3.01. The van der Waals surface area contributed by atoms with Crippen LogP contribution in [-0.4, -0.2) is 42.1 Å². The molecular formula is C19H22N2O2. The van der Waals surface area contributed by atoms with Gasteiger partial charge < -0.3 is 15.3 Å². The summed E-state index contributed by atoms with van der Waals surface area (Å²) in [5.74, 6) is 0.478. The molecule has 1 heterocycles. The Morgan fingerprint density at radius 3 is 2.65 bits per heavy atom. The fraction of sp³-hybridized carbons (Fsp3) is 0.316. The zero-order chi connectivity index (χ0) is 16.1. The van der Waals surface area contributed by atoms with Gasteiger partial charge in [-0.2, -0.15) is 0 Å². The summed E-state index contributed by atoms with van der Waals surface area (Å²) in [4.78, 5) is 14.3. The number of phenols is 1. The molecule has 1 fully saturated rings. The summed E-state index contributed by atoms with van der Waals surface area (Å²) in [5.41, 5.74) is 3.20. The van der Waals surface area contributed by atoms with Crippen molar-refractivity contribution in [1.82, 2.24) is 10.2 Å². The standard InChI is InChI=1S/C19H22N2O2/c22-17-6-3-5-16(14-17)18-7-2-1-4-15(18)8-9-19(23)21-12-10-20-11-13-21/h1-7,14,20,22H,8-13H2. The van der Waals surface area contributed by atoms with Crippen molar-refractivity contribution in [2.24, 2.45) is 0 Å². The van der Waals surface area contributed by atoms with Crippen LogP contribution in [0.2, 0.25) is 0 Å². The molecule has 0 spiro atoms. The van der Waals surface area contributed by atoms with Crippen molar-refractivity contribution in [1.29, 1.82) is 0 Å². The van der Waals surface area contributed by atoms with Gasteiger partial charge in [0.25, 0.3) is 0 Å². The summed E-state index contributed by atoms with van der Waals surface area (Å²) in [6, 6.07) is 15.3. The Balaban J connectivity index is 1.72. The van der Waals surface area contributed by atoms with Crippen molar-refractivity contribution >= 4 is 5.91 Å². The average molecular weight is 310 g/mol. The van der Waals surface area contributed by atoms with E-state index in [9.17, 15) is 9.90 Å². The van der Waals surface area contributed by atoms with E-state index in [1.54, 1.807) is 12.1 Å². The molecule has 4 heteroatoms. The number of amides is 1. The second-order valence-electron chi connectivity index (χ2n) is 5.84. The molecule has 0 saturated carbocycles. The Hall–Kier alpha value is -2.33. The van der Waals surface area contributed by atoms with E-state index in [-0.39, 0.29) is 11.7 Å². The Kier molecular flexibility index (Phi) is 4.93. The molecule has 0 atom stereocenters. The first kappa shape index (κ1) is 15.6. The average Bonchev–Trinajstić information content (AvgIpc) is 2.60. The van der Waals surface area contributed by atoms with E-state index in [0.29, 0.717) is 12.8 Å². The number of nitrogens with one attached hydrogen (secondary N) is 1. The molecule has 1 amide bonds. The fourth-order valence-corrected chi connectivity index (χ4v) is 3.01. The Morgan fingerprint density at radius 1 is 1.09 bits per heavy atom. The number of aromatic hydroxyl groups is 1. The zero-order valence-corrected chi connectivity index (χ0v) is 13.2. The Bertz CT molecular complexity index is 679. The van der Waals surface area contributed by atoms with Gasteiger partial charge in [0.1, 0.15) is 5.75 Å². The van der Waals surface area contributed by atoms with Gasteiger partial charge in [-0.15, -0.1) is 0 Å². The molecule has 2 aromatic carbocycles. The molecule has 2 N–H and O–H groups in total. The summed E-state index contributed by atoms with van der Waals surface area (Å²) < 4.78 is 0. The number of hydrogen-bond donors (Lipinski definition) is 2. The maximum absolute atomic E-state index is 12.3. The molecule has 0 aromatic heterocycles. The van der Waals surface area contributed by atoms with Crippen molar-refractivity contribution < 1.29 is 9.90 Å². The van der Waals surface area contributed by atoms with Crippen molar-refractivity contribution in [3.8, 4) is 16.9 Å². The number of carbonyl (C=O) groups is 1. The van der Waals surface area contributed by atoms with Gasteiger partial charge in [-0.25, -0.2) is 0 Å². The van der Waals surface area contributed by atoms with Crippen LogP contribution in [0.15, 0.2) is 48.5 Å². The molecule has 1 aliphatic rings. The van der Waals surface area contributed by atoms with E-state index < -0.39 is 0 Å². The summed E-state index contributed by atoms with van der Waals surface area (Å²) in [5, 5.41) is 12.9. The number of phenolic OH excluding ortho intramolecular Hbond substituents is 1. The summed E-state index contributed by atoms with van der Waals surface area (Å²) in [6.45, 7) is 3.36. The maximum Gasteiger partial charge on any atom is 0.222 e. The van der Waals surface area contributed by atoms with Crippen molar-refractivity contribution in [2.45, 2.75) is 12.8 Å². The summed E-state index contributed by atoms with van der Waals surface area (Å²) >= 11 is 0. The van der Waals surface area contributed by atoms with Gasteiger partial charge in [-0.05, 0) is 35.2 Å². The quantitative estimate of drug-likeness (QED) is 0.912. The van der Waals surface area contributed by atoms with E-state index in [1.165, 1.54) is 0 Å². The number of benzene rings is 2. The summed E-state index contributed by atoms with van der Waals surface area (Å²) in [7, 11) is 0. The number of rotatable bonds is 4. The minimum Gasteiger partial charge on any atom is -0.508 e. The molecule has 2 aromatic rings. The zero-order valence-electron chi connectivity index (χ0n) is 13.2. The molecule has 0 radical (unpaired) electrons. The van der Waals surface area contributed by atoms with Crippen LogP contribution in [0.5, 0.6) is 5.75 Å². The first-order valence-electron chi connectivity index (χ1n) is 8.10. The molecule has 0 bridgehead atoms. The lowest BCUT2D eigenvalue weighted by Gasteiger charge is -2.27. The van der Waals surface area contributed by atoms with E-state index in [4.69, 9.17) is 0 Å². The van der Waals surface area contributed by atoms with Gasteiger partial charge in [0, 0.05) is 32.6 Å². The SMILES string of the molecule is O=C(CCc1ccccc1-c1cccc(O)c1)N1CCNCC1. The Morgan fingerprint density at radius 2 is 1.87 bits per heavy atom. The predicted molar refractivity (Wildman–Crippen MR) is 91.3 cm³/mol. The van der Waals surface area contributed by atoms with Gasteiger partial charge >= 0.3 is 0 Å². The lowest BCUT2D eigenvalue weighted by atomic mass is 9.96. The third-order valence-electron chi connectivity index (χ3n) is 4.25. The largest absolute Gasteiger partial charge is 0.508 e. The highest BCUT2D eigenvalue weighted by Gasteiger charge is 2.16. The minimum absolute atomic E-state index is 0.220. The number of aryl methyl sites for hydroxylation is 1. The molecule has 1 saturated heterocycles. The van der Waals surface area contributed by atoms with Crippen LogP contribution in [0.25, 0.3) is 11.1 Å². The van der Waals surface area contributed by atoms with Crippen molar-refractivity contribution in [3.63, 3.8) is 0 Å². The van der Waals surface area contributed by atoms with Gasteiger partial charge in [0.15, 0.2) is 0 Å². The maximum atomic E-state index is 12.3. The number of piperazine rings is 1. The molecule has 23 heavy (non-hydrogen) atoms. The normalized spacial score (nSPS) is 14.7. The molecule has 120 valence electrons. The first-order valence-corrected chi connectivity index (χ1v) is 8.10. The van der Waals surface area contributed by atoms with Crippen LogP contribution < -0.4 is 5.32 Å². The van der Waals surface area contributed by atoms with Crippen LogP contribution in [0.1, 0.15) is 12.0 Å². The van der Waals surface area contributed by atoms with Crippen LogP contribution in [0.4, 0.5) is 0 Å². The lowest BCUT2D eigenvalue weighted by Crippen LogP contribution is -2.46. The Labute approximate surface area is 136 Å². The second kappa shape index (κ2) is 7.29. The predicted octanol–water partition coefficient (Wildman–Crippen LogP) is 2.42. The van der Waals surface area contributed by atoms with Crippen LogP contribution >= 0.6 is 0 Å². The first-order chi connectivity index (χ1) is 11.2. The molecular weight excluding hydrogens is 288 g/mol. The topological polar surface area (TPSA) is 52.6 Å². The molecule has 0 unspecified atom stereocenters. The smallest absolute Gasteiger partial charge is 0.222 e. The van der Waals surface area contributed by atoms with Gasteiger partial charge in [-0.3, -0.25) is 4.79 Å². The van der Waals surface area contributed by atoms with E-state index in [1.807, 2.05) is 35.2 Å². The van der Waals surface area contributed by atoms with Gasteiger partial charge in [0.2, 0.25) is 5.91 Å². The van der Waals surface area contributed by atoms with Crippen LogP contribution in [0, 0.1) is 0 Å². The van der Waals surface area contributed by atoms with E-state index in [0.717, 1.165) is 42.9 Å². The van der Waals surface area contributed by atoms with Crippen LogP contribution in [0.3, 0.4) is 0 Å². The summed E-state index contributed by atoms with van der Waals surface area (Å²) in [6.07, 6.45) is 1.24. The van der Waals surface area contributed by atoms with E-state index >= 15 is 0 Å². The molecule has 1 aliphatic heterocycles. The number of nitrogens with zero attached hydrogens (tertiary/aromatic N) is 1. The van der Waals surface area contributed by atoms with Crippen molar-refractivity contribution in [3.05, 3.63) is 54.1 Å². The molecule has 4 nitrogen and oxygen atoms in total. The number of carbonyl (C=O) groups excluding carboxylic acids is 1. The van der Waals surface area contributed by atoms with E-state index in [2.05, 4.69) is 11.4 Å². The number of hydrogen-bond acceptors (Lipinski definition) is 3. The highest BCUT2D eigenvalue weighted by Crippen LogP contribution is 2.27. The van der Waals surface area contributed by atoms with Gasteiger partial charge in [-0.1, -0.05) is 36.4 Å². The highest BCUT2D eigenvalue weighted by molar-refractivity contribution is 5.77. The third-order valence-corrected chi connectivity index (χ3v) is 4.25. The minimum atomic E-state index is 0.220. The third kappa shape index (κ3) is 3.90. The van der Waals surface area contributed by atoms with Crippen molar-refractivity contribution in [2.75, 3.05) is 26.2 Å². The monoisotopic (exact) mass is 310 g/mol.